The van der Waals surface area contributed by atoms with Crippen LogP contribution in [0.5, 0.6) is 0 Å². The first-order valence-corrected chi connectivity index (χ1v) is 6.05. The summed E-state index contributed by atoms with van der Waals surface area (Å²) in [7, 11) is 0. The minimum atomic E-state index is -0.126. The monoisotopic (exact) mass is 246 g/mol. The van der Waals surface area contributed by atoms with Gasteiger partial charge in [0.2, 0.25) is 5.91 Å². The van der Waals surface area contributed by atoms with Gasteiger partial charge in [0.05, 0.1) is 5.56 Å². The molecule has 0 aliphatic carbocycles. The highest BCUT2D eigenvalue weighted by Gasteiger charge is 2.22. The van der Waals surface area contributed by atoms with Gasteiger partial charge < -0.3 is 10.2 Å². The minimum absolute atomic E-state index is 0.0993. The molecule has 2 heterocycles. The molecule has 0 bridgehead atoms. The van der Waals surface area contributed by atoms with Crippen molar-refractivity contribution in [1.82, 2.24) is 15.2 Å². The first-order chi connectivity index (χ1) is 8.66. The summed E-state index contributed by atoms with van der Waals surface area (Å²) in [6.07, 6.45) is 4.66. The molecule has 95 valence electrons. The number of nitrogens with zero attached hydrogens (tertiary/aromatic N) is 2. The van der Waals surface area contributed by atoms with E-state index in [-0.39, 0.29) is 17.9 Å². The lowest BCUT2D eigenvalue weighted by Crippen LogP contribution is -2.46. The zero-order valence-corrected chi connectivity index (χ0v) is 10.3. The van der Waals surface area contributed by atoms with E-state index in [1.807, 2.05) is 0 Å². The molecular weight excluding hydrogens is 230 g/mol. The van der Waals surface area contributed by atoms with Crippen molar-refractivity contribution in [3.63, 3.8) is 0 Å². The largest absolute Gasteiger partial charge is 0.349 e. The molecule has 0 spiro atoms. The maximum Gasteiger partial charge on any atom is 0.252 e. The number of hydrogen-bond acceptors (Lipinski definition) is 3. The number of amides is 2. The van der Waals surface area contributed by atoms with E-state index in [4.69, 9.17) is 0 Å². The third-order valence-electron chi connectivity index (χ3n) is 3.14. The van der Waals surface area contributed by atoms with E-state index >= 15 is 0 Å². The van der Waals surface area contributed by atoms with Gasteiger partial charge in [0.25, 0.3) is 5.91 Å². The van der Waals surface area contributed by atoms with Gasteiger partial charge in [-0.3, -0.25) is 14.6 Å². The third kappa shape index (κ3) is 3.06. The number of hydrogen-bond donors (Lipinski definition) is 1. The maximum absolute atomic E-state index is 11.9. The molecule has 1 aliphatic heterocycles. The van der Waals surface area contributed by atoms with Crippen molar-refractivity contribution in [3.05, 3.63) is 30.1 Å². The molecular formula is C13H16N3O2. The summed E-state index contributed by atoms with van der Waals surface area (Å²) in [6.45, 7) is 2.99. The van der Waals surface area contributed by atoms with Gasteiger partial charge in [-0.05, 0) is 18.9 Å². The van der Waals surface area contributed by atoms with Crippen LogP contribution in [0.25, 0.3) is 0 Å². The Labute approximate surface area is 106 Å². The van der Waals surface area contributed by atoms with E-state index in [0.717, 1.165) is 12.8 Å². The lowest BCUT2D eigenvalue weighted by Gasteiger charge is -2.31. The van der Waals surface area contributed by atoms with Crippen molar-refractivity contribution in [1.29, 1.82) is 0 Å². The van der Waals surface area contributed by atoms with E-state index < -0.39 is 0 Å². The fraction of sp³-hybridized carbons (Fsp3) is 0.462. The van der Waals surface area contributed by atoms with E-state index in [1.54, 1.807) is 24.1 Å². The quantitative estimate of drug-likeness (QED) is 0.832. The molecule has 1 aliphatic rings. The summed E-state index contributed by atoms with van der Waals surface area (Å²) in [5, 5.41) is 2.96. The van der Waals surface area contributed by atoms with Crippen molar-refractivity contribution >= 4 is 11.8 Å². The second kappa shape index (κ2) is 5.62. The number of nitrogens with one attached hydrogen (secondary N) is 1. The van der Waals surface area contributed by atoms with Crippen LogP contribution in [0.2, 0.25) is 0 Å². The zero-order valence-electron chi connectivity index (χ0n) is 10.3. The van der Waals surface area contributed by atoms with E-state index in [9.17, 15) is 9.59 Å². The highest BCUT2D eigenvalue weighted by atomic mass is 16.2. The lowest BCUT2D eigenvalue weighted by molar-refractivity contribution is -0.129. The predicted octanol–water partition coefficient (Wildman–Crippen LogP) is 0.622. The maximum atomic E-state index is 11.9. The van der Waals surface area contributed by atoms with Crippen LogP contribution in [-0.4, -0.2) is 40.8 Å². The van der Waals surface area contributed by atoms with Crippen LogP contribution >= 0.6 is 0 Å². The molecule has 0 atom stereocenters. The Balaban J connectivity index is 1.85. The standard InChI is InChI=1S/C13H16N3O2/c1-10(17)16-8-4-12(5-9-16)15-13(18)11-2-6-14-7-3-11/h2,6-7,12H,4-5,8-9H2,1H3,(H,15,18). The van der Waals surface area contributed by atoms with Crippen LogP contribution in [0.15, 0.2) is 18.5 Å². The van der Waals surface area contributed by atoms with Gasteiger partial charge >= 0.3 is 0 Å². The Kier molecular flexibility index (Phi) is 3.92. The number of carbonyl (C=O) groups excluding carboxylic acids is 2. The van der Waals surface area contributed by atoms with Gasteiger partial charge in [0, 0.05) is 44.5 Å². The zero-order chi connectivity index (χ0) is 13.0. The molecule has 0 unspecified atom stereocenters. The number of pyridine rings is 1. The van der Waals surface area contributed by atoms with Crippen LogP contribution in [-0.2, 0) is 4.79 Å². The third-order valence-corrected chi connectivity index (χ3v) is 3.14. The van der Waals surface area contributed by atoms with Gasteiger partial charge in [0.15, 0.2) is 0 Å². The second-order valence-corrected chi connectivity index (χ2v) is 4.41. The Morgan fingerprint density at radius 2 is 2.17 bits per heavy atom. The van der Waals surface area contributed by atoms with Crippen molar-refractivity contribution in [3.8, 4) is 0 Å². The molecule has 2 rings (SSSR count). The summed E-state index contributed by atoms with van der Waals surface area (Å²) in [6, 6.07) is 4.57. The molecule has 5 nitrogen and oxygen atoms in total. The normalized spacial score (nSPS) is 16.4. The molecule has 0 saturated carbocycles. The SMILES string of the molecule is CC(=O)N1CCC(NC(=O)c2[c]cncc2)CC1. The number of rotatable bonds is 2. The Bertz CT molecular complexity index is 425. The van der Waals surface area contributed by atoms with Crippen LogP contribution in [0.1, 0.15) is 30.1 Å². The number of carbonyl (C=O) groups is 2. The fourth-order valence-corrected chi connectivity index (χ4v) is 2.06. The Morgan fingerprint density at radius 1 is 1.44 bits per heavy atom. The summed E-state index contributed by atoms with van der Waals surface area (Å²) >= 11 is 0. The van der Waals surface area contributed by atoms with Crippen molar-refractivity contribution in [2.24, 2.45) is 0 Å². The van der Waals surface area contributed by atoms with E-state index in [1.165, 1.54) is 6.20 Å². The highest BCUT2D eigenvalue weighted by molar-refractivity contribution is 5.93. The Hall–Kier alpha value is -1.91. The molecule has 1 aromatic heterocycles. The summed E-state index contributed by atoms with van der Waals surface area (Å²) < 4.78 is 0. The van der Waals surface area contributed by atoms with E-state index in [0.29, 0.717) is 18.7 Å². The summed E-state index contributed by atoms with van der Waals surface area (Å²) in [5.74, 6) is -0.0269. The molecule has 1 fully saturated rings. The van der Waals surface area contributed by atoms with Crippen LogP contribution in [0.3, 0.4) is 0 Å². The van der Waals surface area contributed by atoms with Gasteiger partial charge in [-0.25, -0.2) is 0 Å². The topological polar surface area (TPSA) is 62.3 Å². The number of piperidine rings is 1. The van der Waals surface area contributed by atoms with Gasteiger partial charge in [-0.2, -0.15) is 0 Å². The molecule has 0 aromatic carbocycles. The van der Waals surface area contributed by atoms with Crippen molar-refractivity contribution in [2.45, 2.75) is 25.8 Å². The number of aromatic nitrogens is 1. The van der Waals surface area contributed by atoms with Gasteiger partial charge in [-0.15, -0.1) is 0 Å². The smallest absolute Gasteiger partial charge is 0.252 e. The summed E-state index contributed by atoms with van der Waals surface area (Å²) in [4.78, 5) is 28.7. The van der Waals surface area contributed by atoms with Crippen LogP contribution in [0, 0.1) is 6.07 Å². The molecule has 5 heteroatoms. The predicted molar refractivity (Wildman–Crippen MR) is 65.8 cm³/mol. The second-order valence-electron chi connectivity index (χ2n) is 4.41. The molecule has 1 N–H and O–H groups in total. The van der Waals surface area contributed by atoms with Crippen molar-refractivity contribution in [2.75, 3.05) is 13.1 Å². The summed E-state index contributed by atoms with van der Waals surface area (Å²) in [5.41, 5.74) is 0.499. The molecule has 2 amide bonds. The number of likely N-dealkylation sites (tertiary alicyclic amines) is 1. The van der Waals surface area contributed by atoms with Crippen molar-refractivity contribution < 1.29 is 9.59 Å². The van der Waals surface area contributed by atoms with Gasteiger partial charge in [0.1, 0.15) is 0 Å². The molecule has 18 heavy (non-hydrogen) atoms. The molecule has 1 radical (unpaired) electrons. The lowest BCUT2D eigenvalue weighted by atomic mass is 10.0. The average molecular weight is 246 g/mol. The van der Waals surface area contributed by atoms with Gasteiger partial charge in [-0.1, -0.05) is 0 Å². The first-order valence-electron chi connectivity index (χ1n) is 6.05. The fourth-order valence-electron chi connectivity index (χ4n) is 2.06. The Morgan fingerprint density at radius 3 is 2.72 bits per heavy atom. The first kappa shape index (κ1) is 12.5. The minimum Gasteiger partial charge on any atom is -0.349 e. The van der Waals surface area contributed by atoms with E-state index in [2.05, 4.69) is 16.4 Å². The van der Waals surface area contributed by atoms with Crippen LogP contribution < -0.4 is 5.32 Å². The van der Waals surface area contributed by atoms with Crippen LogP contribution in [0.4, 0.5) is 0 Å². The molecule has 1 saturated heterocycles. The average Bonchev–Trinajstić information content (AvgIpc) is 2.40. The highest BCUT2D eigenvalue weighted by Crippen LogP contribution is 2.11. The molecule has 1 aromatic rings.